The third-order valence-corrected chi connectivity index (χ3v) is 8.76. The molecule has 5 rings (SSSR count). The van der Waals surface area contributed by atoms with Gasteiger partial charge in [-0.25, -0.2) is 8.42 Å². The zero-order valence-corrected chi connectivity index (χ0v) is 21.2. The molecule has 1 aliphatic rings. The number of hydrogen-bond donors (Lipinski definition) is 0. The highest BCUT2D eigenvalue weighted by Crippen LogP contribution is 2.34. The molecule has 0 saturated heterocycles. The molecule has 0 N–H and O–H groups in total. The Kier molecular flexibility index (Phi) is 6.69. The summed E-state index contributed by atoms with van der Waals surface area (Å²) < 4.78 is 31.7. The lowest BCUT2D eigenvalue weighted by molar-refractivity contribution is 0.317. The molecule has 0 saturated carbocycles. The molecule has 1 aromatic heterocycles. The summed E-state index contributed by atoms with van der Waals surface area (Å²) >= 11 is 6.40. The highest BCUT2D eigenvalue weighted by molar-refractivity contribution is 7.89. The van der Waals surface area contributed by atoms with Crippen LogP contribution in [-0.4, -0.2) is 29.9 Å². The number of aromatic nitrogens is 1. The average molecular weight is 506 g/mol. The number of nitrogens with zero attached hydrogens (tertiary/aromatic N) is 3. The van der Waals surface area contributed by atoms with Gasteiger partial charge in [0.25, 0.3) is 0 Å². The zero-order valence-electron chi connectivity index (χ0n) is 19.6. The van der Waals surface area contributed by atoms with E-state index in [0.29, 0.717) is 29.4 Å². The molecule has 0 spiro atoms. The molecule has 7 heteroatoms. The molecule has 0 fully saturated rings. The van der Waals surface area contributed by atoms with Crippen LogP contribution in [-0.2, 0) is 36.6 Å². The summed E-state index contributed by atoms with van der Waals surface area (Å²) in [6.45, 7) is 1.48. The highest BCUT2D eigenvalue weighted by Gasteiger charge is 2.36. The van der Waals surface area contributed by atoms with Gasteiger partial charge in [-0.3, -0.25) is 0 Å². The summed E-state index contributed by atoms with van der Waals surface area (Å²) in [7, 11) is -1.71. The van der Waals surface area contributed by atoms with Gasteiger partial charge in [0, 0.05) is 48.8 Å². The monoisotopic (exact) mass is 505 g/mol. The minimum atomic E-state index is -3.75. The van der Waals surface area contributed by atoms with Gasteiger partial charge in [-0.15, -0.1) is 0 Å². The molecule has 1 atom stereocenters. The number of hydrogen-bond acceptors (Lipinski definition) is 3. The van der Waals surface area contributed by atoms with Gasteiger partial charge in [0.1, 0.15) is 0 Å². The van der Waals surface area contributed by atoms with Gasteiger partial charge in [0.15, 0.2) is 0 Å². The van der Waals surface area contributed by atoms with Crippen LogP contribution < -0.4 is 4.90 Å². The molecule has 35 heavy (non-hydrogen) atoms. The van der Waals surface area contributed by atoms with Crippen LogP contribution in [0.2, 0.25) is 5.02 Å². The van der Waals surface area contributed by atoms with E-state index >= 15 is 0 Å². The minimum absolute atomic E-state index is 0.258. The molecule has 1 aliphatic heterocycles. The van der Waals surface area contributed by atoms with Gasteiger partial charge in [0.2, 0.25) is 10.0 Å². The first-order valence-electron chi connectivity index (χ1n) is 11.7. The number of anilines is 1. The predicted octanol–water partition coefficient (Wildman–Crippen LogP) is 5.50. The van der Waals surface area contributed by atoms with Crippen molar-refractivity contribution in [1.29, 1.82) is 0 Å². The molecule has 5 nitrogen and oxygen atoms in total. The van der Waals surface area contributed by atoms with Crippen LogP contribution in [0.1, 0.15) is 16.8 Å². The van der Waals surface area contributed by atoms with Gasteiger partial charge in [-0.1, -0.05) is 60.1 Å². The third kappa shape index (κ3) is 5.01. The molecule has 2 heterocycles. The van der Waals surface area contributed by atoms with Crippen molar-refractivity contribution in [1.82, 2.24) is 8.87 Å². The number of benzene rings is 3. The van der Waals surface area contributed by atoms with Gasteiger partial charge < -0.3 is 9.47 Å². The predicted molar refractivity (Wildman–Crippen MR) is 141 cm³/mol. The number of fused-ring (bicyclic) bond motifs is 1. The van der Waals surface area contributed by atoms with Crippen LogP contribution in [0.3, 0.4) is 0 Å². The SMILES string of the molecule is Cn1cccc1CN1C[C@@H](Cc2ccccc2)N(S(=O)(=O)c2ccccc2)Cc2cc(Cl)ccc21. The van der Waals surface area contributed by atoms with Crippen LogP contribution in [0, 0.1) is 0 Å². The van der Waals surface area contributed by atoms with Crippen molar-refractivity contribution in [3.05, 3.63) is 119 Å². The van der Waals surface area contributed by atoms with E-state index < -0.39 is 10.0 Å². The molecule has 0 unspecified atom stereocenters. The Hall–Kier alpha value is -3.06. The van der Waals surface area contributed by atoms with Crippen molar-refractivity contribution in [2.75, 3.05) is 11.4 Å². The summed E-state index contributed by atoms with van der Waals surface area (Å²) in [6.07, 6.45) is 2.64. The van der Waals surface area contributed by atoms with Crippen molar-refractivity contribution >= 4 is 27.3 Å². The molecule has 4 aromatic rings. The summed E-state index contributed by atoms with van der Waals surface area (Å²) in [5.41, 5.74) is 4.18. The van der Waals surface area contributed by atoms with Crippen molar-refractivity contribution in [2.45, 2.75) is 30.4 Å². The molecule has 0 aliphatic carbocycles. The number of sulfonamides is 1. The first kappa shape index (κ1) is 23.7. The Balaban J connectivity index is 1.61. The Bertz CT molecular complexity index is 1400. The quantitative estimate of drug-likeness (QED) is 0.347. The van der Waals surface area contributed by atoms with Gasteiger partial charge >= 0.3 is 0 Å². The van der Waals surface area contributed by atoms with Crippen LogP contribution >= 0.6 is 11.6 Å². The Morgan fingerprint density at radius 2 is 1.63 bits per heavy atom. The standard InChI is InChI=1S/C28H28ClN3O2S/c1-30-16-8-11-25(30)20-31-21-26(17-22-9-4-2-5-10-22)32(19-23-18-24(29)14-15-28(23)31)35(33,34)27-12-6-3-7-13-27/h2-16,18,26H,17,19-21H2,1H3/t26-/m1/s1. The Morgan fingerprint density at radius 1 is 0.914 bits per heavy atom. The Labute approximate surface area is 212 Å². The second kappa shape index (κ2) is 9.90. The van der Waals surface area contributed by atoms with Gasteiger partial charge in [0.05, 0.1) is 11.4 Å². The molecule has 180 valence electrons. The normalized spacial score (nSPS) is 16.6. The number of aryl methyl sites for hydroxylation is 1. The van der Waals surface area contributed by atoms with Crippen LogP contribution in [0.15, 0.2) is 102 Å². The second-order valence-electron chi connectivity index (χ2n) is 8.97. The van der Waals surface area contributed by atoms with E-state index in [0.717, 1.165) is 22.5 Å². The van der Waals surface area contributed by atoms with Crippen LogP contribution in [0.25, 0.3) is 0 Å². The van der Waals surface area contributed by atoms with Crippen molar-refractivity contribution in [3.8, 4) is 0 Å². The summed E-state index contributed by atoms with van der Waals surface area (Å²) in [6, 6.07) is 28.5. The van der Waals surface area contributed by atoms with Crippen LogP contribution in [0.4, 0.5) is 5.69 Å². The van der Waals surface area contributed by atoms with Gasteiger partial charge in [-0.05, 0) is 60.0 Å². The molecule has 0 amide bonds. The third-order valence-electron chi connectivity index (χ3n) is 6.61. The maximum Gasteiger partial charge on any atom is 0.243 e. The fourth-order valence-corrected chi connectivity index (χ4v) is 6.61. The molecule has 0 radical (unpaired) electrons. The van der Waals surface area contributed by atoms with Crippen molar-refractivity contribution in [3.63, 3.8) is 0 Å². The maximum absolute atomic E-state index is 14.0. The van der Waals surface area contributed by atoms with Crippen molar-refractivity contribution in [2.24, 2.45) is 7.05 Å². The van der Waals surface area contributed by atoms with E-state index in [9.17, 15) is 8.42 Å². The molecule has 0 bridgehead atoms. The minimum Gasteiger partial charge on any atom is -0.364 e. The summed E-state index contributed by atoms with van der Waals surface area (Å²) in [5, 5.41) is 0.598. The lowest BCUT2D eigenvalue weighted by Gasteiger charge is -2.32. The smallest absolute Gasteiger partial charge is 0.243 e. The van der Waals surface area contributed by atoms with E-state index in [-0.39, 0.29) is 12.6 Å². The maximum atomic E-state index is 14.0. The summed E-state index contributed by atoms with van der Waals surface area (Å²) in [5.74, 6) is 0. The fraction of sp³-hybridized carbons (Fsp3) is 0.214. The fourth-order valence-electron chi connectivity index (χ4n) is 4.80. The average Bonchev–Trinajstić information content (AvgIpc) is 3.20. The molecular weight excluding hydrogens is 478 g/mol. The molecule has 3 aromatic carbocycles. The lowest BCUT2D eigenvalue weighted by atomic mass is 10.1. The van der Waals surface area contributed by atoms with Crippen molar-refractivity contribution < 1.29 is 8.42 Å². The first-order chi connectivity index (χ1) is 16.9. The Morgan fingerprint density at radius 3 is 2.31 bits per heavy atom. The number of halogens is 1. The van der Waals surface area contributed by atoms with E-state index in [1.807, 2.05) is 61.8 Å². The first-order valence-corrected chi connectivity index (χ1v) is 13.5. The van der Waals surface area contributed by atoms with E-state index in [2.05, 4.69) is 27.7 Å². The van der Waals surface area contributed by atoms with E-state index in [1.54, 1.807) is 28.6 Å². The number of rotatable bonds is 6. The van der Waals surface area contributed by atoms with Gasteiger partial charge in [-0.2, -0.15) is 4.31 Å². The molecular formula is C28H28ClN3O2S. The zero-order chi connectivity index (χ0) is 24.4. The second-order valence-corrected chi connectivity index (χ2v) is 11.3. The van der Waals surface area contributed by atoms with Crippen LogP contribution in [0.5, 0.6) is 0 Å². The highest BCUT2D eigenvalue weighted by atomic mass is 35.5. The summed E-state index contributed by atoms with van der Waals surface area (Å²) in [4.78, 5) is 2.59. The topological polar surface area (TPSA) is 45.5 Å². The largest absolute Gasteiger partial charge is 0.364 e. The van der Waals surface area contributed by atoms with E-state index in [1.165, 1.54) is 0 Å². The van der Waals surface area contributed by atoms with E-state index in [4.69, 9.17) is 11.6 Å². The lowest BCUT2D eigenvalue weighted by Crippen LogP contribution is -2.45.